The van der Waals surface area contributed by atoms with Crippen LogP contribution in [-0.2, 0) is 0 Å². The average Bonchev–Trinajstić information content (AvgIpc) is 3.20. The van der Waals surface area contributed by atoms with Crippen molar-refractivity contribution < 1.29 is 9.47 Å². The number of ether oxygens (including phenoxy) is 2. The van der Waals surface area contributed by atoms with Gasteiger partial charge in [-0.2, -0.15) is 0 Å². The van der Waals surface area contributed by atoms with Crippen LogP contribution in [0, 0.1) is 11.8 Å². The Morgan fingerprint density at radius 1 is 1.17 bits per heavy atom. The number of benzene rings is 1. The normalized spacial score (nSPS) is 21.5. The molecule has 98 valence electrons. The van der Waals surface area contributed by atoms with Crippen molar-refractivity contribution in [2.75, 3.05) is 13.2 Å². The van der Waals surface area contributed by atoms with Crippen LogP contribution in [0.4, 0.5) is 0 Å². The molecule has 1 heterocycles. The second kappa shape index (κ2) is 4.82. The lowest BCUT2D eigenvalue weighted by Crippen LogP contribution is -2.16. The Morgan fingerprint density at radius 3 is 2.39 bits per heavy atom. The Kier molecular flexibility index (Phi) is 3.33. The van der Waals surface area contributed by atoms with Gasteiger partial charge in [-0.15, -0.1) is 11.6 Å². The number of fused-ring (bicyclic) bond motifs is 1. The van der Waals surface area contributed by atoms with Crippen LogP contribution in [0.25, 0.3) is 0 Å². The first kappa shape index (κ1) is 12.4. The summed E-state index contributed by atoms with van der Waals surface area (Å²) in [6, 6.07) is 3.76. The average molecular weight is 287 g/mol. The van der Waals surface area contributed by atoms with Gasteiger partial charge in [0.1, 0.15) is 13.2 Å². The number of hydrogen-bond donors (Lipinski definition) is 0. The van der Waals surface area contributed by atoms with Crippen molar-refractivity contribution in [1.29, 1.82) is 0 Å². The van der Waals surface area contributed by atoms with Crippen molar-refractivity contribution in [3.8, 4) is 11.5 Å². The van der Waals surface area contributed by atoms with Crippen LogP contribution in [0.3, 0.4) is 0 Å². The van der Waals surface area contributed by atoms with Gasteiger partial charge in [-0.3, -0.25) is 0 Å². The van der Waals surface area contributed by atoms with E-state index in [1.54, 1.807) is 0 Å². The SMILES string of the molecule is CC(C1CC1)C(Cl)c1cc2c(cc1Cl)OCCO2. The van der Waals surface area contributed by atoms with E-state index in [1.165, 1.54) is 12.8 Å². The van der Waals surface area contributed by atoms with Crippen molar-refractivity contribution in [3.63, 3.8) is 0 Å². The van der Waals surface area contributed by atoms with Crippen LogP contribution in [0.5, 0.6) is 11.5 Å². The fourth-order valence-corrected chi connectivity index (χ4v) is 3.15. The van der Waals surface area contributed by atoms with Crippen LogP contribution in [0.1, 0.15) is 30.7 Å². The highest BCUT2D eigenvalue weighted by Crippen LogP contribution is 2.48. The Labute approximate surface area is 117 Å². The molecule has 0 radical (unpaired) electrons. The number of rotatable bonds is 3. The van der Waals surface area contributed by atoms with Gasteiger partial charge in [-0.25, -0.2) is 0 Å². The van der Waals surface area contributed by atoms with E-state index in [-0.39, 0.29) is 5.38 Å². The molecule has 2 aliphatic rings. The van der Waals surface area contributed by atoms with Gasteiger partial charge in [0, 0.05) is 11.1 Å². The lowest BCUT2D eigenvalue weighted by Gasteiger charge is -2.23. The van der Waals surface area contributed by atoms with Gasteiger partial charge in [0.2, 0.25) is 0 Å². The summed E-state index contributed by atoms with van der Waals surface area (Å²) >= 11 is 12.9. The smallest absolute Gasteiger partial charge is 0.162 e. The lowest BCUT2D eigenvalue weighted by molar-refractivity contribution is 0.171. The Morgan fingerprint density at radius 2 is 1.78 bits per heavy atom. The number of halogens is 2. The van der Waals surface area contributed by atoms with E-state index in [4.69, 9.17) is 32.7 Å². The van der Waals surface area contributed by atoms with E-state index in [1.807, 2.05) is 12.1 Å². The molecule has 0 N–H and O–H groups in total. The third-order valence-electron chi connectivity index (χ3n) is 3.79. The molecule has 2 unspecified atom stereocenters. The molecule has 4 heteroatoms. The molecule has 2 atom stereocenters. The van der Waals surface area contributed by atoms with Gasteiger partial charge in [-0.1, -0.05) is 18.5 Å². The predicted octanol–water partition coefficient (Wildman–Crippen LogP) is 4.44. The maximum Gasteiger partial charge on any atom is 0.162 e. The second-order valence-electron chi connectivity index (χ2n) is 5.12. The standard InChI is InChI=1S/C14H16Cl2O2/c1-8(9-2-3-9)14(16)10-6-12-13(7-11(10)15)18-5-4-17-12/h6-9,14H,2-5H2,1H3. The third-order valence-corrected chi connectivity index (χ3v) is 4.75. The highest BCUT2D eigenvalue weighted by Gasteiger charge is 2.34. The van der Waals surface area contributed by atoms with E-state index in [9.17, 15) is 0 Å². The van der Waals surface area contributed by atoms with Crippen LogP contribution in [0.2, 0.25) is 5.02 Å². The summed E-state index contributed by atoms with van der Waals surface area (Å²) in [7, 11) is 0. The van der Waals surface area contributed by atoms with Crippen LogP contribution >= 0.6 is 23.2 Å². The highest BCUT2D eigenvalue weighted by molar-refractivity contribution is 6.33. The zero-order valence-corrected chi connectivity index (χ0v) is 11.8. The van der Waals surface area contributed by atoms with Gasteiger partial charge in [0.05, 0.1) is 5.38 Å². The van der Waals surface area contributed by atoms with Gasteiger partial charge < -0.3 is 9.47 Å². The molecule has 1 aromatic rings. The zero-order chi connectivity index (χ0) is 12.7. The summed E-state index contributed by atoms with van der Waals surface area (Å²) < 4.78 is 11.1. The molecule has 1 aromatic carbocycles. The van der Waals surface area contributed by atoms with Crippen LogP contribution in [-0.4, -0.2) is 13.2 Å². The summed E-state index contributed by atoms with van der Waals surface area (Å²) in [6.07, 6.45) is 2.57. The molecule has 1 saturated carbocycles. The fraction of sp³-hybridized carbons (Fsp3) is 0.571. The largest absolute Gasteiger partial charge is 0.486 e. The Bertz CT molecular complexity index is 457. The monoisotopic (exact) mass is 286 g/mol. The molecule has 1 aliphatic heterocycles. The summed E-state index contributed by atoms with van der Waals surface area (Å²) in [5.41, 5.74) is 0.960. The molecule has 0 aromatic heterocycles. The molecule has 0 amide bonds. The van der Waals surface area contributed by atoms with Crippen LogP contribution < -0.4 is 9.47 Å². The van der Waals surface area contributed by atoms with E-state index in [0.717, 1.165) is 23.0 Å². The minimum Gasteiger partial charge on any atom is -0.486 e. The molecule has 3 rings (SSSR count). The summed E-state index contributed by atoms with van der Waals surface area (Å²) in [5.74, 6) is 2.68. The van der Waals surface area contributed by atoms with Gasteiger partial charge >= 0.3 is 0 Å². The lowest BCUT2D eigenvalue weighted by atomic mass is 9.95. The van der Waals surface area contributed by atoms with Gasteiger partial charge in [0.15, 0.2) is 11.5 Å². The molecule has 18 heavy (non-hydrogen) atoms. The maximum absolute atomic E-state index is 6.56. The molecule has 1 fully saturated rings. The van der Waals surface area contributed by atoms with Gasteiger partial charge in [0.25, 0.3) is 0 Å². The third kappa shape index (κ3) is 2.28. The second-order valence-corrected chi connectivity index (χ2v) is 5.99. The molecular weight excluding hydrogens is 271 g/mol. The van der Waals surface area contributed by atoms with E-state index < -0.39 is 0 Å². The molecule has 1 aliphatic carbocycles. The van der Waals surface area contributed by atoms with Crippen molar-refractivity contribution in [2.45, 2.75) is 25.1 Å². The van der Waals surface area contributed by atoms with Crippen molar-refractivity contribution in [1.82, 2.24) is 0 Å². The minimum atomic E-state index is -0.0548. The summed E-state index contributed by atoms with van der Waals surface area (Å²) in [5, 5.41) is 0.618. The molecule has 0 bridgehead atoms. The highest BCUT2D eigenvalue weighted by atomic mass is 35.5. The van der Waals surface area contributed by atoms with Crippen molar-refractivity contribution in [2.24, 2.45) is 11.8 Å². The zero-order valence-electron chi connectivity index (χ0n) is 10.3. The predicted molar refractivity (Wildman–Crippen MR) is 72.9 cm³/mol. The van der Waals surface area contributed by atoms with Gasteiger partial charge in [-0.05, 0) is 36.3 Å². The maximum atomic E-state index is 6.56. The Hall–Kier alpha value is -0.600. The minimum absolute atomic E-state index is 0.0548. The first-order valence-electron chi connectivity index (χ1n) is 6.40. The Balaban J connectivity index is 1.90. The van der Waals surface area contributed by atoms with E-state index in [2.05, 4.69) is 6.92 Å². The topological polar surface area (TPSA) is 18.5 Å². The molecular formula is C14H16Cl2O2. The van der Waals surface area contributed by atoms with Crippen molar-refractivity contribution >= 4 is 23.2 Å². The van der Waals surface area contributed by atoms with E-state index >= 15 is 0 Å². The number of alkyl halides is 1. The molecule has 2 nitrogen and oxygen atoms in total. The summed E-state index contributed by atoms with van der Waals surface area (Å²) in [6.45, 7) is 3.35. The first-order valence-corrected chi connectivity index (χ1v) is 7.21. The first-order chi connectivity index (χ1) is 8.66. The molecule has 0 spiro atoms. The van der Waals surface area contributed by atoms with Crippen LogP contribution in [0.15, 0.2) is 12.1 Å². The number of hydrogen-bond acceptors (Lipinski definition) is 2. The molecule has 0 saturated heterocycles. The fourth-order valence-electron chi connectivity index (χ4n) is 2.44. The summed E-state index contributed by atoms with van der Waals surface area (Å²) in [4.78, 5) is 0. The van der Waals surface area contributed by atoms with E-state index in [0.29, 0.717) is 24.2 Å². The quantitative estimate of drug-likeness (QED) is 0.765. The van der Waals surface area contributed by atoms with Crippen molar-refractivity contribution in [3.05, 3.63) is 22.7 Å².